The molecule has 3 aromatic heterocycles. The van der Waals surface area contributed by atoms with Crippen LogP contribution in [0.2, 0.25) is 0 Å². The SMILES string of the molecule is CC.Cc1cc2c(-c3cn(CC(C)(C)O)nc3-c3ccc(F)cc3)ncnc2o1. The highest BCUT2D eigenvalue weighted by atomic mass is 19.1. The van der Waals surface area contributed by atoms with Gasteiger partial charge in [0.25, 0.3) is 0 Å². The number of fused-ring (bicyclic) bond motifs is 1. The van der Waals surface area contributed by atoms with Gasteiger partial charge in [0, 0.05) is 17.3 Å². The minimum absolute atomic E-state index is 0.305. The van der Waals surface area contributed by atoms with Crippen LogP contribution in [0, 0.1) is 12.7 Å². The maximum Gasteiger partial charge on any atom is 0.229 e. The van der Waals surface area contributed by atoms with Gasteiger partial charge < -0.3 is 9.52 Å². The van der Waals surface area contributed by atoms with Crippen LogP contribution in [0.3, 0.4) is 0 Å². The Balaban J connectivity index is 0.00000117. The van der Waals surface area contributed by atoms with E-state index in [0.29, 0.717) is 23.6 Å². The van der Waals surface area contributed by atoms with Crippen molar-refractivity contribution >= 4 is 11.1 Å². The van der Waals surface area contributed by atoms with Gasteiger partial charge >= 0.3 is 0 Å². The first-order chi connectivity index (χ1) is 13.8. The van der Waals surface area contributed by atoms with Crippen LogP contribution in [0.15, 0.2) is 47.3 Å². The van der Waals surface area contributed by atoms with Crippen molar-refractivity contribution < 1.29 is 13.9 Å². The number of benzene rings is 1. The molecule has 0 amide bonds. The molecule has 0 fully saturated rings. The lowest BCUT2D eigenvalue weighted by Gasteiger charge is -2.16. The van der Waals surface area contributed by atoms with Crippen LogP contribution >= 0.6 is 0 Å². The lowest BCUT2D eigenvalue weighted by Crippen LogP contribution is -2.26. The summed E-state index contributed by atoms with van der Waals surface area (Å²) in [7, 11) is 0. The van der Waals surface area contributed by atoms with Gasteiger partial charge in [-0.1, -0.05) is 13.8 Å². The van der Waals surface area contributed by atoms with E-state index in [1.807, 2.05) is 33.0 Å². The van der Waals surface area contributed by atoms with E-state index in [-0.39, 0.29) is 5.82 Å². The normalized spacial score (nSPS) is 11.4. The number of rotatable bonds is 4. The van der Waals surface area contributed by atoms with Crippen molar-refractivity contribution in [2.24, 2.45) is 0 Å². The van der Waals surface area contributed by atoms with Crippen molar-refractivity contribution in [1.82, 2.24) is 19.7 Å². The number of hydrogen-bond acceptors (Lipinski definition) is 5. The molecule has 29 heavy (non-hydrogen) atoms. The third-order valence-corrected chi connectivity index (χ3v) is 4.14. The van der Waals surface area contributed by atoms with Crippen LogP contribution in [0.5, 0.6) is 0 Å². The lowest BCUT2D eigenvalue weighted by atomic mass is 10.0. The van der Waals surface area contributed by atoms with Crippen molar-refractivity contribution in [3.05, 3.63) is 54.4 Å². The van der Waals surface area contributed by atoms with E-state index < -0.39 is 5.60 Å². The maximum absolute atomic E-state index is 13.4. The summed E-state index contributed by atoms with van der Waals surface area (Å²) in [6.45, 7) is 9.59. The van der Waals surface area contributed by atoms with Gasteiger partial charge in [-0.25, -0.2) is 14.4 Å². The number of aliphatic hydroxyl groups is 1. The molecule has 0 atom stereocenters. The molecule has 0 radical (unpaired) electrons. The fourth-order valence-electron chi connectivity index (χ4n) is 3.08. The summed E-state index contributed by atoms with van der Waals surface area (Å²) in [5.41, 5.74) is 2.41. The molecule has 0 aliphatic rings. The third-order valence-electron chi connectivity index (χ3n) is 4.14. The maximum atomic E-state index is 13.4. The summed E-state index contributed by atoms with van der Waals surface area (Å²) < 4.78 is 20.7. The molecule has 7 heteroatoms. The first-order valence-corrected chi connectivity index (χ1v) is 9.57. The highest BCUT2D eigenvalue weighted by Gasteiger charge is 2.21. The van der Waals surface area contributed by atoms with Gasteiger partial charge in [0.05, 0.1) is 23.2 Å². The lowest BCUT2D eigenvalue weighted by molar-refractivity contribution is 0.0578. The van der Waals surface area contributed by atoms with E-state index in [1.54, 1.807) is 30.7 Å². The average molecular weight is 396 g/mol. The molecule has 0 saturated heterocycles. The Morgan fingerprint density at radius 1 is 1.10 bits per heavy atom. The van der Waals surface area contributed by atoms with E-state index in [2.05, 4.69) is 15.1 Å². The molecule has 0 saturated carbocycles. The van der Waals surface area contributed by atoms with E-state index in [0.717, 1.165) is 22.3 Å². The molecule has 1 aromatic carbocycles. The zero-order valence-electron chi connectivity index (χ0n) is 17.3. The molecular formula is C22H25FN4O2. The predicted octanol–water partition coefficient (Wildman–Crippen LogP) is 5.00. The van der Waals surface area contributed by atoms with Crippen molar-refractivity contribution in [1.29, 1.82) is 0 Å². The molecule has 6 nitrogen and oxygen atoms in total. The fraction of sp³-hybridized carbons (Fsp3) is 0.318. The smallest absolute Gasteiger partial charge is 0.229 e. The van der Waals surface area contributed by atoms with Crippen LogP contribution < -0.4 is 0 Å². The van der Waals surface area contributed by atoms with E-state index in [1.165, 1.54) is 18.5 Å². The van der Waals surface area contributed by atoms with Gasteiger partial charge in [-0.2, -0.15) is 5.10 Å². The molecule has 1 N–H and O–H groups in total. The van der Waals surface area contributed by atoms with Crippen LogP contribution in [0.4, 0.5) is 4.39 Å². The molecule has 0 bridgehead atoms. The standard InChI is InChI=1S/C20H19FN4O2.C2H6/c1-12-8-15-18(22-11-23-19(15)27-12)16-9-25(10-20(2,3)26)24-17(16)13-4-6-14(21)7-5-13;1-2/h4-9,11,26H,10H2,1-3H3;1-2H3. The zero-order valence-corrected chi connectivity index (χ0v) is 17.3. The summed E-state index contributed by atoms with van der Waals surface area (Å²) in [5.74, 6) is 0.421. The van der Waals surface area contributed by atoms with E-state index in [4.69, 9.17) is 4.42 Å². The first-order valence-electron chi connectivity index (χ1n) is 9.57. The summed E-state index contributed by atoms with van der Waals surface area (Å²) in [6.07, 6.45) is 3.28. The Hall–Kier alpha value is -3.06. The fourth-order valence-corrected chi connectivity index (χ4v) is 3.08. The van der Waals surface area contributed by atoms with Crippen LogP contribution in [0.25, 0.3) is 33.6 Å². The monoisotopic (exact) mass is 396 g/mol. The second kappa shape index (κ2) is 8.13. The Bertz CT molecular complexity index is 1110. The number of nitrogens with zero attached hydrogens (tertiary/aromatic N) is 4. The molecule has 0 aliphatic carbocycles. The zero-order chi connectivity index (χ0) is 21.2. The summed E-state index contributed by atoms with van der Waals surface area (Å²) in [6, 6.07) is 8.02. The number of furan rings is 1. The molecule has 3 heterocycles. The van der Waals surface area contributed by atoms with Gasteiger partial charge in [-0.15, -0.1) is 0 Å². The van der Waals surface area contributed by atoms with Gasteiger partial charge in [0.2, 0.25) is 5.71 Å². The van der Waals surface area contributed by atoms with Crippen molar-refractivity contribution in [3.63, 3.8) is 0 Å². The Morgan fingerprint density at radius 2 is 1.79 bits per heavy atom. The Kier molecular flexibility index (Phi) is 5.79. The minimum Gasteiger partial charge on any atom is -0.443 e. The van der Waals surface area contributed by atoms with Gasteiger partial charge in [0.15, 0.2) is 0 Å². The largest absolute Gasteiger partial charge is 0.443 e. The van der Waals surface area contributed by atoms with Crippen LogP contribution in [-0.4, -0.2) is 30.5 Å². The molecule has 0 unspecified atom stereocenters. The topological polar surface area (TPSA) is 77.0 Å². The molecule has 4 aromatic rings. The second-order valence-corrected chi connectivity index (χ2v) is 7.21. The second-order valence-electron chi connectivity index (χ2n) is 7.21. The number of hydrogen-bond donors (Lipinski definition) is 1. The van der Waals surface area contributed by atoms with E-state index in [9.17, 15) is 9.50 Å². The summed E-state index contributed by atoms with van der Waals surface area (Å²) in [4.78, 5) is 8.62. The Morgan fingerprint density at radius 3 is 2.45 bits per heavy atom. The average Bonchev–Trinajstić information content (AvgIpc) is 3.25. The van der Waals surface area contributed by atoms with Crippen LogP contribution in [-0.2, 0) is 6.54 Å². The van der Waals surface area contributed by atoms with Gasteiger partial charge in [0.1, 0.15) is 23.6 Å². The number of halogens is 1. The molecule has 4 rings (SSSR count). The minimum atomic E-state index is -0.934. The highest BCUT2D eigenvalue weighted by Crippen LogP contribution is 2.34. The quantitative estimate of drug-likeness (QED) is 0.525. The van der Waals surface area contributed by atoms with Crippen molar-refractivity contribution in [2.45, 2.75) is 46.8 Å². The molecular weight excluding hydrogens is 371 g/mol. The van der Waals surface area contributed by atoms with Crippen LogP contribution in [0.1, 0.15) is 33.5 Å². The summed E-state index contributed by atoms with van der Waals surface area (Å²) in [5, 5.41) is 15.6. The third kappa shape index (κ3) is 4.51. The molecule has 0 spiro atoms. The van der Waals surface area contributed by atoms with Crippen molar-refractivity contribution in [2.75, 3.05) is 0 Å². The predicted molar refractivity (Wildman–Crippen MR) is 111 cm³/mol. The van der Waals surface area contributed by atoms with E-state index >= 15 is 0 Å². The highest BCUT2D eigenvalue weighted by molar-refractivity contribution is 5.94. The Labute approximate surface area is 169 Å². The molecule has 0 aliphatic heterocycles. The van der Waals surface area contributed by atoms with Gasteiger partial charge in [-0.05, 0) is 51.1 Å². The first kappa shape index (κ1) is 20.7. The number of aromatic nitrogens is 4. The number of aryl methyl sites for hydroxylation is 1. The summed E-state index contributed by atoms with van der Waals surface area (Å²) >= 11 is 0. The van der Waals surface area contributed by atoms with Crippen molar-refractivity contribution in [3.8, 4) is 22.5 Å². The van der Waals surface area contributed by atoms with Gasteiger partial charge in [-0.3, -0.25) is 4.68 Å². The molecule has 152 valence electrons.